The van der Waals surface area contributed by atoms with E-state index in [0.29, 0.717) is 0 Å². The van der Waals surface area contributed by atoms with Crippen LogP contribution in [0, 0.1) is 17.3 Å². The molecular formula is C24H41NO3. The molecule has 3 N–H and O–H groups in total. The average molecular weight is 392 g/mol. The predicted molar refractivity (Wildman–Crippen MR) is 115 cm³/mol. The van der Waals surface area contributed by atoms with Crippen molar-refractivity contribution in [2.45, 2.75) is 96.6 Å². The van der Waals surface area contributed by atoms with Crippen molar-refractivity contribution in [3.63, 3.8) is 0 Å². The van der Waals surface area contributed by atoms with E-state index in [2.05, 4.69) is 24.4 Å². The number of hydrogen-bond donors (Lipinski definition) is 3. The van der Waals surface area contributed by atoms with Crippen molar-refractivity contribution in [2.75, 3.05) is 6.54 Å². The Kier molecular flexibility index (Phi) is 9.73. The molecule has 0 aromatic rings. The molecule has 3 unspecified atom stereocenters. The predicted octanol–water partition coefficient (Wildman–Crippen LogP) is 5.08. The van der Waals surface area contributed by atoms with E-state index < -0.39 is 5.97 Å². The van der Waals surface area contributed by atoms with Gasteiger partial charge in [-0.3, -0.25) is 4.79 Å². The van der Waals surface area contributed by atoms with Crippen LogP contribution in [0.15, 0.2) is 24.3 Å². The Hall–Kier alpha value is -1.13. The highest BCUT2D eigenvalue weighted by Gasteiger charge is 2.41. The molecule has 3 rings (SSSR count). The summed E-state index contributed by atoms with van der Waals surface area (Å²) in [6.45, 7) is 5.41. The van der Waals surface area contributed by atoms with E-state index in [1.165, 1.54) is 45.1 Å². The molecule has 0 aromatic carbocycles. The molecule has 3 aliphatic rings. The van der Waals surface area contributed by atoms with E-state index in [0.717, 1.165) is 43.6 Å². The van der Waals surface area contributed by atoms with Gasteiger partial charge in [0.1, 0.15) is 0 Å². The lowest BCUT2D eigenvalue weighted by Crippen LogP contribution is -2.40. The minimum absolute atomic E-state index is 0.107. The van der Waals surface area contributed by atoms with Crippen LogP contribution in [-0.4, -0.2) is 34.9 Å². The van der Waals surface area contributed by atoms with Crippen LogP contribution >= 0.6 is 0 Å². The lowest BCUT2D eigenvalue weighted by atomic mass is 9.63. The van der Waals surface area contributed by atoms with Gasteiger partial charge < -0.3 is 15.5 Å². The summed E-state index contributed by atoms with van der Waals surface area (Å²) in [5.41, 5.74) is 0.264. The minimum atomic E-state index is -0.709. The van der Waals surface area contributed by atoms with E-state index in [1.54, 1.807) is 0 Å². The lowest BCUT2D eigenvalue weighted by Gasteiger charge is -2.45. The summed E-state index contributed by atoms with van der Waals surface area (Å²) in [6, 6.07) is 0.835. The SMILES string of the molecule is C/C=C\CCCC(=O)O.CCC1(C(O)C/C=C/[C@H]2CCC(C3CN3)C2)CCC1. The zero-order valence-corrected chi connectivity index (χ0v) is 17.9. The third-order valence-electron chi connectivity index (χ3n) is 7.05. The molecule has 4 heteroatoms. The number of unbranched alkanes of at least 4 members (excludes halogenated alkanes) is 1. The lowest BCUT2D eigenvalue weighted by molar-refractivity contribution is -0.137. The molecule has 0 spiro atoms. The third-order valence-corrected chi connectivity index (χ3v) is 7.05. The maximum atomic E-state index is 10.4. The molecule has 2 aliphatic carbocycles. The first kappa shape index (κ1) is 23.2. The number of hydrogen-bond acceptors (Lipinski definition) is 3. The minimum Gasteiger partial charge on any atom is -0.481 e. The van der Waals surface area contributed by atoms with Gasteiger partial charge in [-0.1, -0.05) is 37.6 Å². The van der Waals surface area contributed by atoms with Gasteiger partial charge in [-0.2, -0.15) is 0 Å². The number of carboxylic acids is 1. The van der Waals surface area contributed by atoms with Crippen molar-refractivity contribution >= 4 is 5.97 Å². The van der Waals surface area contributed by atoms with Gasteiger partial charge in [0.2, 0.25) is 0 Å². The van der Waals surface area contributed by atoms with Gasteiger partial charge in [0.15, 0.2) is 0 Å². The molecular weight excluding hydrogens is 350 g/mol. The molecule has 1 aliphatic heterocycles. The van der Waals surface area contributed by atoms with Gasteiger partial charge in [0.25, 0.3) is 0 Å². The Morgan fingerprint density at radius 1 is 1.29 bits per heavy atom. The number of rotatable bonds is 10. The van der Waals surface area contributed by atoms with Crippen LogP contribution in [0.5, 0.6) is 0 Å². The largest absolute Gasteiger partial charge is 0.481 e. The van der Waals surface area contributed by atoms with Gasteiger partial charge in [0, 0.05) is 19.0 Å². The Labute approximate surface area is 171 Å². The Balaban J connectivity index is 0.000000266. The second-order valence-electron chi connectivity index (χ2n) is 8.95. The number of carbonyl (C=O) groups is 1. The highest BCUT2D eigenvalue weighted by atomic mass is 16.4. The Morgan fingerprint density at radius 3 is 2.57 bits per heavy atom. The highest BCUT2D eigenvalue weighted by molar-refractivity contribution is 5.66. The number of carboxylic acid groups (broad SMARTS) is 1. The van der Waals surface area contributed by atoms with Crippen molar-refractivity contribution in [1.29, 1.82) is 0 Å². The average Bonchev–Trinajstić information content (AvgIpc) is 3.38. The van der Waals surface area contributed by atoms with Crippen LogP contribution in [0.3, 0.4) is 0 Å². The van der Waals surface area contributed by atoms with Gasteiger partial charge in [-0.05, 0) is 82.0 Å². The number of nitrogens with one attached hydrogen (secondary N) is 1. The molecule has 1 saturated heterocycles. The van der Waals surface area contributed by atoms with Gasteiger partial charge in [0.05, 0.1) is 6.10 Å². The summed E-state index contributed by atoms with van der Waals surface area (Å²) in [5.74, 6) is 0.992. The molecule has 28 heavy (non-hydrogen) atoms. The van der Waals surface area contributed by atoms with E-state index in [9.17, 15) is 9.90 Å². The highest BCUT2D eigenvalue weighted by Crippen LogP contribution is 2.47. The first-order valence-electron chi connectivity index (χ1n) is 11.4. The standard InChI is InChI=1S/C17H29NO.C7H12O2/c1-2-17(9-4-10-17)16(19)6-3-5-13-7-8-14(11-13)15-12-18-15;1-2-3-4-5-6-7(8)9/h3,5,13-16,18-19H,2,4,6-12H2,1H3;2-3H,4-6H2,1H3,(H,8,9)/b5-3+;3-2-/t13-,14?,15?,16?;/m0./s1. The Morgan fingerprint density at radius 2 is 2.04 bits per heavy atom. The molecule has 160 valence electrons. The topological polar surface area (TPSA) is 79.5 Å². The quantitative estimate of drug-likeness (QED) is 0.276. The second-order valence-corrected chi connectivity index (χ2v) is 8.95. The number of allylic oxidation sites excluding steroid dienone is 3. The summed E-state index contributed by atoms with van der Waals surface area (Å²) < 4.78 is 0. The smallest absolute Gasteiger partial charge is 0.303 e. The van der Waals surface area contributed by atoms with Gasteiger partial charge in [-0.25, -0.2) is 0 Å². The molecule has 3 fully saturated rings. The molecule has 0 radical (unpaired) electrons. The molecule has 2 saturated carbocycles. The van der Waals surface area contributed by atoms with Crippen molar-refractivity contribution in [3.05, 3.63) is 24.3 Å². The van der Waals surface area contributed by atoms with Gasteiger partial charge in [-0.15, -0.1) is 0 Å². The number of aliphatic hydroxyl groups is 1. The zero-order valence-electron chi connectivity index (χ0n) is 17.9. The van der Waals surface area contributed by atoms with Crippen molar-refractivity contribution in [2.24, 2.45) is 17.3 Å². The first-order valence-corrected chi connectivity index (χ1v) is 11.4. The molecule has 1 heterocycles. The van der Waals surface area contributed by atoms with Crippen molar-refractivity contribution < 1.29 is 15.0 Å². The summed E-state index contributed by atoms with van der Waals surface area (Å²) in [5, 5.41) is 22.0. The maximum absolute atomic E-state index is 10.4. The normalized spacial score (nSPS) is 29.3. The van der Waals surface area contributed by atoms with Crippen LogP contribution in [0.25, 0.3) is 0 Å². The van der Waals surface area contributed by atoms with E-state index in [1.807, 2.05) is 19.1 Å². The molecule has 0 bridgehead atoms. The molecule has 4 nitrogen and oxygen atoms in total. The maximum Gasteiger partial charge on any atom is 0.303 e. The van der Waals surface area contributed by atoms with Crippen LogP contribution < -0.4 is 5.32 Å². The number of aliphatic hydroxyl groups excluding tert-OH is 1. The molecule has 0 aromatic heterocycles. The van der Waals surface area contributed by atoms with E-state index in [4.69, 9.17) is 5.11 Å². The fourth-order valence-corrected chi connectivity index (χ4v) is 4.74. The summed E-state index contributed by atoms with van der Waals surface area (Å²) in [6.07, 6.45) is 20.3. The Bertz CT molecular complexity index is 514. The monoisotopic (exact) mass is 391 g/mol. The fraction of sp³-hybridized carbons (Fsp3) is 0.792. The summed E-state index contributed by atoms with van der Waals surface area (Å²) in [7, 11) is 0. The first-order chi connectivity index (χ1) is 13.5. The van der Waals surface area contributed by atoms with E-state index in [-0.39, 0.29) is 17.9 Å². The van der Waals surface area contributed by atoms with Crippen LogP contribution in [0.4, 0.5) is 0 Å². The van der Waals surface area contributed by atoms with Crippen LogP contribution in [0.2, 0.25) is 0 Å². The second kappa shape index (κ2) is 11.8. The number of aliphatic carboxylic acids is 1. The van der Waals surface area contributed by atoms with Gasteiger partial charge >= 0.3 is 5.97 Å². The fourth-order valence-electron chi connectivity index (χ4n) is 4.74. The summed E-state index contributed by atoms with van der Waals surface area (Å²) >= 11 is 0. The van der Waals surface area contributed by atoms with Crippen molar-refractivity contribution in [3.8, 4) is 0 Å². The molecule has 4 atom stereocenters. The molecule has 0 amide bonds. The van der Waals surface area contributed by atoms with E-state index >= 15 is 0 Å². The summed E-state index contributed by atoms with van der Waals surface area (Å²) in [4.78, 5) is 9.94. The van der Waals surface area contributed by atoms with Crippen LogP contribution in [-0.2, 0) is 4.79 Å². The third kappa shape index (κ3) is 7.36. The van der Waals surface area contributed by atoms with Crippen LogP contribution in [0.1, 0.15) is 84.5 Å². The van der Waals surface area contributed by atoms with Crippen molar-refractivity contribution in [1.82, 2.24) is 5.32 Å². The zero-order chi connectivity index (χ0) is 20.4.